The van der Waals surface area contributed by atoms with E-state index in [4.69, 9.17) is 4.42 Å². The zero-order chi connectivity index (χ0) is 14.8. The number of hydrogen-bond acceptors (Lipinski definition) is 4. The van der Waals surface area contributed by atoms with Gasteiger partial charge in [-0.2, -0.15) is 0 Å². The van der Waals surface area contributed by atoms with Crippen LogP contribution in [-0.2, 0) is 13.1 Å². The van der Waals surface area contributed by atoms with Gasteiger partial charge in [0.15, 0.2) is 0 Å². The zero-order valence-electron chi connectivity index (χ0n) is 12.0. The number of rotatable bonds is 5. The summed E-state index contributed by atoms with van der Waals surface area (Å²) >= 11 is 3.48. The number of aryl methyl sites for hydroxylation is 1. The summed E-state index contributed by atoms with van der Waals surface area (Å²) in [5.74, 6) is 1.86. The van der Waals surface area contributed by atoms with E-state index in [9.17, 15) is 0 Å². The first-order chi connectivity index (χ1) is 10.2. The quantitative estimate of drug-likeness (QED) is 0.764. The summed E-state index contributed by atoms with van der Waals surface area (Å²) in [4.78, 5) is 0. The van der Waals surface area contributed by atoms with Crippen LogP contribution in [-0.4, -0.2) is 14.8 Å². The van der Waals surface area contributed by atoms with Crippen LogP contribution in [0.25, 0.3) is 11.0 Å². The minimum atomic E-state index is 0.109. The Morgan fingerprint density at radius 3 is 3.05 bits per heavy atom. The lowest BCUT2D eigenvalue weighted by Gasteiger charge is -2.11. The molecule has 1 N–H and O–H groups in total. The van der Waals surface area contributed by atoms with Gasteiger partial charge in [-0.25, -0.2) is 0 Å². The van der Waals surface area contributed by atoms with Gasteiger partial charge in [-0.05, 0) is 38.1 Å². The molecule has 2 aromatic heterocycles. The molecule has 0 aliphatic rings. The highest BCUT2D eigenvalue weighted by atomic mass is 79.9. The van der Waals surface area contributed by atoms with Crippen LogP contribution in [0.3, 0.4) is 0 Å². The van der Waals surface area contributed by atoms with Crippen LogP contribution in [0.1, 0.15) is 31.5 Å². The van der Waals surface area contributed by atoms with Gasteiger partial charge < -0.3 is 14.3 Å². The Hall–Kier alpha value is -1.66. The SMILES string of the molecule is CCn1cnnc1CNC(C)c1cc2cc(Br)ccc2o1. The van der Waals surface area contributed by atoms with Crippen molar-refractivity contribution in [3.63, 3.8) is 0 Å². The molecule has 0 radical (unpaired) electrons. The third-order valence-corrected chi connectivity index (χ3v) is 4.02. The van der Waals surface area contributed by atoms with Crippen molar-refractivity contribution in [2.75, 3.05) is 0 Å². The van der Waals surface area contributed by atoms with E-state index in [-0.39, 0.29) is 6.04 Å². The van der Waals surface area contributed by atoms with Crippen LogP contribution in [0.4, 0.5) is 0 Å². The van der Waals surface area contributed by atoms with Crippen molar-refractivity contribution in [1.29, 1.82) is 0 Å². The van der Waals surface area contributed by atoms with E-state index < -0.39 is 0 Å². The maximum absolute atomic E-state index is 5.89. The standard InChI is InChI=1S/C15H17BrN4O/c1-3-20-9-18-19-15(20)8-17-10(2)14-7-11-6-12(16)4-5-13(11)21-14/h4-7,9-10,17H,3,8H2,1-2H3. The van der Waals surface area contributed by atoms with Gasteiger partial charge in [-0.3, -0.25) is 0 Å². The summed E-state index contributed by atoms with van der Waals surface area (Å²) in [5.41, 5.74) is 0.901. The van der Waals surface area contributed by atoms with E-state index in [1.54, 1.807) is 6.33 Å². The molecule has 0 aliphatic heterocycles. The van der Waals surface area contributed by atoms with Gasteiger partial charge in [-0.15, -0.1) is 10.2 Å². The van der Waals surface area contributed by atoms with Crippen LogP contribution in [0.5, 0.6) is 0 Å². The average Bonchev–Trinajstić information content (AvgIpc) is 3.10. The minimum Gasteiger partial charge on any atom is -0.459 e. The lowest BCUT2D eigenvalue weighted by Crippen LogP contribution is -2.20. The monoisotopic (exact) mass is 348 g/mol. The zero-order valence-corrected chi connectivity index (χ0v) is 13.6. The van der Waals surface area contributed by atoms with Gasteiger partial charge in [0.2, 0.25) is 0 Å². The minimum absolute atomic E-state index is 0.109. The van der Waals surface area contributed by atoms with Crippen molar-refractivity contribution in [3.05, 3.63) is 46.7 Å². The normalized spacial score (nSPS) is 12.9. The Balaban J connectivity index is 1.73. The molecule has 0 fully saturated rings. The van der Waals surface area contributed by atoms with E-state index in [1.165, 1.54) is 0 Å². The highest BCUT2D eigenvalue weighted by molar-refractivity contribution is 9.10. The largest absolute Gasteiger partial charge is 0.459 e. The van der Waals surface area contributed by atoms with Gasteiger partial charge in [-0.1, -0.05) is 15.9 Å². The number of nitrogens with zero attached hydrogens (tertiary/aromatic N) is 3. The Kier molecular flexibility index (Phi) is 4.07. The molecule has 0 amide bonds. The summed E-state index contributed by atoms with van der Waals surface area (Å²) in [5, 5.41) is 12.6. The predicted molar refractivity (Wildman–Crippen MR) is 84.9 cm³/mol. The summed E-state index contributed by atoms with van der Waals surface area (Å²) in [6.45, 7) is 5.69. The molecular weight excluding hydrogens is 332 g/mol. The number of nitrogens with one attached hydrogen (secondary N) is 1. The fourth-order valence-electron chi connectivity index (χ4n) is 2.27. The number of hydrogen-bond donors (Lipinski definition) is 1. The third kappa shape index (κ3) is 3.01. The molecule has 21 heavy (non-hydrogen) atoms. The Morgan fingerprint density at radius 1 is 1.38 bits per heavy atom. The molecular formula is C15H17BrN4O. The number of fused-ring (bicyclic) bond motifs is 1. The molecule has 1 unspecified atom stereocenters. The molecule has 0 saturated heterocycles. The summed E-state index contributed by atoms with van der Waals surface area (Å²) in [6, 6.07) is 8.20. The topological polar surface area (TPSA) is 55.9 Å². The number of benzene rings is 1. The summed E-state index contributed by atoms with van der Waals surface area (Å²) in [6.07, 6.45) is 1.75. The fourth-order valence-corrected chi connectivity index (χ4v) is 2.65. The molecule has 5 nitrogen and oxygen atoms in total. The van der Waals surface area contributed by atoms with E-state index in [1.807, 2.05) is 16.7 Å². The van der Waals surface area contributed by atoms with Crippen LogP contribution >= 0.6 is 15.9 Å². The lowest BCUT2D eigenvalue weighted by molar-refractivity contribution is 0.442. The van der Waals surface area contributed by atoms with Crippen molar-refractivity contribution < 1.29 is 4.42 Å². The molecule has 0 spiro atoms. The van der Waals surface area contributed by atoms with Crippen LogP contribution in [0.2, 0.25) is 0 Å². The van der Waals surface area contributed by atoms with Crippen LogP contribution < -0.4 is 5.32 Å². The maximum Gasteiger partial charge on any atom is 0.146 e. The Morgan fingerprint density at radius 2 is 2.24 bits per heavy atom. The predicted octanol–water partition coefficient (Wildman–Crippen LogP) is 3.66. The van der Waals surface area contributed by atoms with Crippen molar-refractivity contribution >= 4 is 26.9 Å². The number of halogens is 1. The molecule has 2 heterocycles. The van der Waals surface area contributed by atoms with E-state index in [2.05, 4.69) is 57.4 Å². The molecule has 1 atom stereocenters. The van der Waals surface area contributed by atoms with Gasteiger partial charge in [0.25, 0.3) is 0 Å². The molecule has 110 valence electrons. The second-order valence-corrected chi connectivity index (χ2v) is 5.88. The van der Waals surface area contributed by atoms with Crippen molar-refractivity contribution in [1.82, 2.24) is 20.1 Å². The fraction of sp³-hybridized carbons (Fsp3) is 0.333. The number of furan rings is 1. The first kappa shape index (κ1) is 14.3. The molecule has 6 heteroatoms. The first-order valence-electron chi connectivity index (χ1n) is 6.96. The van der Waals surface area contributed by atoms with Gasteiger partial charge in [0.1, 0.15) is 23.5 Å². The second kappa shape index (κ2) is 5.99. The third-order valence-electron chi connectivity index (χ3n) is 3.53. The summed E-state index contributed by atoms with van der Waals surface area (Å²) in [7, 11) is 0. The van der Waals surface area contributed by atoms with Crippen molar-refractivity contribution in [3.8, 4) is 0 Å². The van der Waals surface area contributed by atoms with Gasteiger partial charge in [0, 0.05) is 16.4 Å². The second-order valence-electron chi connectivity index (χ2n) is 4.97. The molecule has 0 aliphatic carbocycles. The average molecular weight is 349 g/mol. The molecule has 1 aromatic carbocycles. The van der Waals surface area contributed by atoms with E-state index in [0.717, 1.165) is 33.6 Å². The summed E-state index contributed by atoms with van der Waals surface area (Å²) < 4.78 is 8.96. The molecule has 3 rings (SSSR count). The van der Waals surface area contributed by atoms with Gasteiger partial charge in [0.05, 0.1) is 12.6 Å². The molecule has 0 saturated carbocycles. The lowest BCUT2D eigenvalue weighted by atomic mass is 10.2. The highest BCUT2D eigenvalue weighted by Crippen LogP contribution is 2.26. The van der Waals surface area contributed by atoms with Crippen molar-refractivity contribution in [2.45, 2.75) is 33.0 Å². The van der Waals surface area contributed by atoms with E-state index in [0.29, 0.717) is 6.54 Å². The first-order valence-corrected chi connectivity index (χ1v) is 7.75. The van der Waals surface area contributed by atoms with E-state index >= 15 is 0 Å². The van der Waals surface area contributed by atoms with Crippen LogP contribution in [0, 0.1) is 0 Å². The van der Waals surface area contributed by atoms with Gasteiger partial charge >= 0.3 is 0 Å². The van der Waals surface area contributed by atoms with Crippen molar-refractivity contribution in [2.24, 2.45) is 0 Å². The molecule has 3 aromatic rings. The van der Waals surface area contributed by atoms with Crippen LogP contribution in [0.15, 0.2) is 39.5 Å². The smallest absolute Gasteiger partial charge is 0.146 e. The molecule has 0 bridgehead atoms. The maximum atomic E-state index is 5.89. The highest BCUT2D eigenvalue weighted by Gasteiger charge is 2.12. The number of aromatic nitrogens is 3. The Labute approximate surface area is 131 Å². The Bertz CT molecular complexity index is 749.